The molecule has 3 atom stereocenters. The van der Waals surface area contributed by atoms with Gasteiger partial charge in [-0.2, -0.15) is 0 Å². The Hall–Kier alpha value is -2.74. The maximum Gasteiger partial charge on any atom is 0.245 e. The zero-order valence-corrected chi connectivity index (χ0v) is 25.2. The topological polar surface area (TPSA) is 76.7 Å². The number of likely N-dealkylation sites (tertiary alicyclic amines) is 1. The summed E-state index contributed by atoms with van der Waals surface area (Å²) in [4.78, 5) is 32.2. The van der Waals surface area contributed by atoms with Gasteiger partial charge < -0.3 is 20.9 Å². The Labute approximate surface area is 246 Å². The van der Waals surface area contributed by atoms with Crippen molar-refractivity contribution in [2.45, 2.75) is 83.5 Å². The standard InChI is InChI=1S/C34H49N5O2/c1-24(2)22-39(28-13-16-35-17-14-28)29-15-19-38(23-29)34(41)32(20-26-10-8-25(3)9-11-26)37-33(40)21-31-30-7-5-4-6-27(30)12-18-36-31/h4-11,24,28-29,31-32,35-36H,12-23H2,1-3H3,(H,37,40). The molecule has 3 N–H and O–H groups in total. The summed E-state index contributed by atoms with van der Waals surface area (Å²) in [7, 11) is 0. The fraction of sp³-hybridized carbons (Fsp3) is 0.588. The smallest absolute Gasteiger partial charge is 0.245 e. The SMILES string of the molecule is Cc1ccc(CC(NC(=O)CC2NCCc3ccccc32)C(=O)N2CCC(N(CC(C)C)C3CCNCC3)C2)cc1. The number of benzene rings is 2. The van der Waals surface area contributed by atoms with Crippen molar-refractivity contribution in [3.8, 4) is 0 Å². The first-order valence-electron chi connectivity index (χ1n) is 15.8. The molecule has 2 aromatic rings. The van der Waals surface area contributed by atoms with Crippen LogP contribution >= 0.6 is 0 Å². The highest BCUT2D eigenvalue weighted by atomic mass is 16.2. The largest absolute Gasteiger partial charge is 0.344 e. The van der Waals surface area contributed by atoms with E-state index in [1.54, 1.807) is 0 Å². The first kappa shape index (κ1) is 29.7. The third-order valence-corrected chi connectivity index (χ3v) is 9.10. The molecule has 2 amide bonds. The van der Waals surface area contributed by atoms with Crippen LogP contribution in [0.2, 0.25) is 0 Å². The van der Waals surface area contributed by atoms with E-state index in [0.717, 1.165) is 57.7 Å². The van der Waals surface area contributed by atoms with Gasteiger partial charge in [-0.1, -0.05) is 67.9 Å². The average molecular weight is 560 g/mol. The molecule has 0 radical (unpaired) electrons. The highest BCUT2D eigenvalue weighted by Gasteiger charge is 2.37. The molecule has 222 valence electrons. The lowest BCUT2D eigenvalue weighted by Crippen LogP contribution is -2.52. The zero-order chi connectivity index (χ0) is 28.8. The summed E-state index contributed by atoms with van der Waals surface area (Å²) < 4.78 is 0. The van der Waals surface area contributed by atoms with Crippen LogP contribution in [0.5, 0.6) is 0 Å². The van der Waals surface area contributed by atoms with Gasteiger partial charge in [0.05, 0.1) is 0 Å². The van der Waals surface area contributed by atoms with Crippen LogP contribution in [0.4, 0.5) is 0 Å². The second-order valence-electron chi connectivity index (χ2n) is 12.8. The van der Waals surface area contributed by atoms with Crippen molar-refractivity contribution in [3.63, 3.8) is 0 Å². The van der Waals surface area contributed by atoms with Gasteiger partial charge in [-0.15, -0.1) is 0 Å². The maximum absolute atomic E-state index is 14.1. The van der Waals surface area contributed by atoms with Crippen molar-refractivity contribution in [2.75, 3.05) is 39.3 Å². The summed E-state index contributed by atoms with van der Waals surface area (Å²) in [6, 6.07) is 17.0. The lowest BCUT2D eigenvalue weighted by atomic mass is 9.92. The Balaban J connectivity index is 1.28. The van der Waals surface area contributed by atoms with E-state index in [1.165, 1.54) is 29.5 Å². The fourth-order valence-corrected chi connectivity index (χ4v) is 6.96. The second-order valence-corrected chi connectivity index (χ2v) is 12.8. The minimum atomic E-state index is -0.569. The number of nitrogens with one attached hydrogen (secondary N) is 3. The lowest BCUT2D eigenvalue weighted by molar-refractivity contribution is -0.136. The van der Waals surface area contributed by atoms with Crippen molar-refractivity contribution in [1.82, 2.24) is 25.8 Å². The van der Waals surface area contributed by atoms with E-state index >= 15 is 0 Å². The number of rotatable bonds is 10. The fourth-order valence-electron chi connectivity index (χ4n) is 6.96. The van der Waals surface area contributed by atoms with Crippen molar-refractivity contribution in [1.29, 1.82) is 0 Å². The number of hydrogen-bond donors (Lipinski definition) is 3. The van der Waals surface area contributed by atoms with E-state index in [4.69, 9.17) is 0 Å². The minimum absolute atomic E-state index is 0.0270. The number of carbonyl (C=O) groups is 2. The third-order valence-electron chi connectivity index (χ3n) is 9.10. The van der Waals surface area contributed by atoms with Crippen molar-refractivity contribution < 1.29 is 9.59 Å². The number of nitrogens with zero attached hydrogens (tertiary/aromatic N) is 2. The van der Waals surface area contributed by atoms with Crippen LogP contribution in [0.25, 0.3) is 0 Å². The molecule has 7 heteroatoms. The second kappa shape index (κ2) is 14.0. The molecule has 3 aliphatic rings. The Morgan fingerprint density at radius 1 is 1.00 bits per heavy atom. The molecular weight excluding hydrogens is 510 g/mol. The molecule has 5 rings (SSSR count). The molecule has 0 saturated carbocycles. The minimum Gasteiger partial charge on any atom is -0.344 e. The zero-order valence-electron chi connectivity index (χ0n) is 25.2. The third kappa shape index (κ3) is 7.76. The molecule has 0 bridgehead atoms. The summed E-state index contributed by atoms with van der Waals surface area (Å²) in [6.07, 6.45) is 5.14. The number of carbonyl (C=O) groups excluding carboxylic acids is 2. The van der Waals surface area contributed by atoms with Gasteiger partial charge in [0.1, 0.15) is 6.04 Å². The van der Waals surface area contributed by atoms with Gasteiger partial charge in [0.15, 0.2) is 0 Å². The van der Waals surface area contributed by atoms with E-state index in [9.17, 15) is 9.59 Å². The van der Waals surface area contributed by atoms with E-state index in [-0.39, 0.29) is 17.9 Å². The van der Waals surface area contributed by atoms with Crippen LogP contribution in [0.1, 0.15) is 67.8 Å². The number of hydrogen-bond acceptors (Lipinski definition) is 5. The normalized spacial score (nSPS) is 22.1. The molecule has 0 aromatic heterocycles. The molecule has 7 nitrogen and oxygen atoms in total. The average Bonchev–Trinajstić information content (AvgIpc) is 3.47. The molecule has 41 heavy (non-hydrogen) atoms. The molecule has 2 fully saturated rings. The molecule has 2 aromatic carbocycles. The van der Waals surface area contributed by atoms with Crippen molar-refractivity contribution in [3.05, 3.63) is 70.8 Å². The molecule has 0 spiro atoms. The highest BCUT2D eigenvalue weighted by molar-refractivity contribution is 5.88. The molecule has 2 saturated heterocycles. The van der Waals surface area contributed by atoms with Crippen LogP contribution in [-0.4, -0.2) is 79.0 Å². The van der Waals surface area contributed by atoms with Crippen LogP contribution in [0.15, 0.2) is 48.5 Å². The molecule has 3 unspecified atom stereocenters. The van der Waals surface area contributed by atoms with Gasteiger partial charge in [-0.25, -0.2) is 0 Å². The number of amides is 2. The van der Waals surface area contributed by atoms with E-state index < -0.39 is 6.04 Å². The molecule has 0 aliphatic carbocycles. The van der Waals surface area contributed by atoms with E-state index in [1.807, 2.05) is 11.0 Å². The molecule has 3 heterocycles. The number of aryl methyl sites for hydroxylation is 1. The summed E-state index contributed by atoms with van der Waals surface area (Å²) in [6.45, 7) is 12.2. The first-order valence-corrected chi connectivity index (χ1v) is 15.8. The Morgan fingerprint density at radius 3 is 2.51 bits per heavy atom. The summed E-state index contributed by atoms with van der Waals surface area (Å²) in [5.74, 6) is 0.562. The van der Waals surface area contributed by atoms with Gasteiger partial charge in [0.25, 0.3) is 0 Å². The van der Waals surface area contributed by atoms with Crippen LogP contribution in [0.3, 0.4) is 0 Å². The van der Waals surface area contributed by atoms with Crippen LogP contribution < -0.4 is 16.0 Å². The van der Waals surface area contributed by atoms with Gasteiger partial charge >= 0.3 is 0 Å². The predicted octanol–water partition coefficient (Wildman–Crippen LogP) is 3.61. The Morgan fingerprint density at radius 2 is 1.76 bits per heavy atom. The van der Waals surface area contributed by atoms with E-state index in [0.29, 0.717) is 30.8 Å². The van der Waals surface area contributed by atoms with E-state index in [2.05, 4.69) is 84.1 Å². The number of fused-ring (bicyclic) bond motifs is 1. The monoisotopic (exact) mass is 559 g/mol. The summed E-state index contributed by atoms with van der Waals surface area (Å²) >= 11 is 0. The van der Waals surface area contributed by atoms with Crippen molar-refractivity contribution >= 4 is 11.8 Å². The quantitative estimate of drug-likeness (QED) is 0.415. The Bertz CT molecular complexity index is 1160. The molecule has 3 aliphatic heterocycles. The van der Waals surface area contributed by atoms with Gasteiger partial charge in [0.2, 0.25) is 11.8 Å². The summed E-state index contributed by atoms with van der Waals surface area (Å²) in [5.41, 5.74) is 4.76. The summed E-state index contributed by atoms with van der Waals surface area (Å²) in [5, 5.41) is 10.2. The van der Waals surface area contributed by atoms with Crippen LogP contribution in [0, 0.1) is 12.8 Å². The van der Waals surface area contributed by atoms with Gasteiger partial charge in [-0.05, 0) is 74.8 Å². The molecular formula is C34H49N5O2. The van der Waals surface area contributed by atoms with Gasteiger partial charge in [-0.3, -0.25) is 14.5 Å². The lowest BCUT2D eigenvalue weighted by Gasteiger charge is -2.40. The highest BCUT2D eigenvalue weighted by Crippen LogP contribution is 2.26. The predicted molar refractivity (Wildman–Crippen MR) is 165 cm³/mol. The maximum atomic E-state index is 14.1. The van der Waals surface area contributed by atoms with Crippen molar-refractivity contribution in [2.24, 2.45) is 5.92 Å². The Kier molecular flexibility index (Phi) is 10.1. The number of piperidine rings is 1. The van der Waals surface area contributed by atoms with Crippen LogP contribution in [-0.2, 0) is 22.4 Å². The van der Waals surface area contributed by atoms with Gasteiger partial charge in [0, 0.05) is 50.6 Å². The first-order chi connectivity index (χ1) is 19.9.